The van der Waals surface area contributed by atoms with Gasteiger partial charge in [-0.2, -0.15) is 0 Å². The van der Waals surface area contributed by atoms with Gasteiger partial charge in [0, 0.05) is 29.4 Å². The minimum absolute atomic E-state index is 0.0530. The zero-order valence-corrected chi connectivity index (χ0v) is 19.2. The van der Waals surface area contributed by atoms with Crippen molar-refractivity contribution in [3.63, 3.8) is 0 Å². The van der Waals surface area contributed by atoms with Crippen LogP contribution in [0.25, 0.3) is 0 Å². The molecule has 0 saturated carbocycles. The molecule has 1 atom stereocenters. The van der Waals surface area contributed by atoms with Crippen LogP contribution in [-0.4, -0.2) is 26.6 Å². The molecule has 6 nitrogen and oxygen atoms in total. The van der Waals surface area contributed by atoms with E-state index in [1.165, 1.54) is 0 Å². The van der Waals surface area contributed by atoms with Gasteiger partial charge in [-0.15, -0.1) is 0 Å². The van der Waals surface area contributed by atoms with Crippen LogP contribution in [0.3, 0.4) is 0 Å². The Morgan fingerprint density at radius 2 is 1.90 bits per heavy atom. The van der Waals surface area contributed by atoms with Crippen LogP contribution in [0.1, 0.15) is 64.0 Å². The number of ketones is 1. The summed E-state index contributed by atoms with van der Waals surface area (Å²) in [7, 11) is 0. The average molecular weight is 440 g/mol. The molecule has 0 fully saturated rings. The Morgan fingerprint density at radius 3 is 2.58 bits per heavy atom. The molecule has 2 heterocycles. The standard InChI is InChI=1S/C24H29N3O3S/c1-13(2)9-10-31-23-26-21-20(22(30)27-23)18(14-5-7-15(28)8-6-14)19-16(25-21)11-24(3,4)12-17(19)29/h5-8,13,18,28H,9-12H2,1-4H3,(H2,25,26,27,30). The average Bonchev–Trinajstić information content (AvgIpc) is 2.65. The summed E-state index contributed by atoms with van der Waals surface area (Å²) in [5.74, 6) is 1.68. The Hall–Kier alpha value is -2.54. The first-order valence-corrected chi connectivity index (χ1v) is 11.7. The molecule has 3 N–H and O–H groups in total. The molecule has 0 bridgehead atoms. The summed E-state index contributed by atoms with van der Waals surface area (Å²) in [5.41, 5.74) is 2.37. The van der Waals surface area contributed by atoms with E-state index >= 15 is 0 Å². The maximum Gasteiger partial charge on any atom is 0.257 e. The van der Waals surface area contributed by atoms with Gasteiger partial charge < -0.3 is 15.4 Å². The number of nitrogens with one attached hydrogen (secondary N) is 2. The fourth-order valence-electron chi connectivity index (χ4n) is 4.35. The molecule has 31 heavy (non-hydrogen) atoms. The third-order valence-electron chi connectivity index (χ3n) is 5.86. The summed E-state index contributed by atoms with van der Waals surface area (Å²) in [6.07, 6.45) is 2.19. The number of allylic oxidation sites excluding steroid dienone is 2. The molecule has 0 saturated heterocycles. The number of aromatic amines is 1. The lowest BCUT2D eigenvalue weighted by Crippen LogP contribution is -2.37. The Labute approximate surface area is 186 Å². The SMILES string of the molecule is CC(C)CCSc1nc2c(c(=O)[nH]1)C(c1ccc(O)cc1)C1=C(CC(C)(C)CC1=O)N2. The molecule has 1 aromatic carbocycles. The molecule has 1 aliphatic heterocycles. The molecular formula is C24H29N3O3S. The maximum absolute atomic E-state index is 13.2. The Kier molecular flexibility index (Phi) is 5.73. The van der Waals surface area contributed by atoms with Crippen LogP contribution >= 0.6 is 11.8 Å². The van der Waals surface area contributed by atoms with E-state index in [4.69, 9.17) is 4.98 Å². The van der Waals surface area contributed by atoms with E-state index in [1.54, 1.807) is 36.0 Å². The van der Waals surface area contributed by atoms with Crippen molar-refractivity contribution < 1.29 is 9.90 Å². The van der Waals surface area contributed by atoms with E-state index in [0.717, 1.165) is 23.4 Å². The van der Waals surface area contributed by atoms with Gasteiger partial charge in [0.25, 0.3) is 5.56 Å². The van der Waals surface area contributed by atoms with E-state index < -0.39 is 5.92 Å². The largest absolute Gasteiger partial charge is 0.508 e. The van der Waals surface area contributed by atoms with Gasteiger partial charge >= 0.3 is 0 Å². The molecule has 1 aliphatic carbocycles. The van der Waals surface area contributed by atoms with E-state index in [1.807, 2.05) is 0 Å². The second-order valence-electron chi connectivity index (χ2n) is 9.65. The quantitative estimate of drug-likeness (QED) is 0.457. The number of thioether (sulfide) groups is 1. The molecule has 1 unspecified atom stereocenters. The zero-order valence-electron chi connectivity index (χ0n) is 18.4. The highest BCUT2D eigenvalue weighted by Gasteiger charge is 2.42. The van der Waals surface area contributed by atoms with E-state index in [2.05, 4.69) is 38.0 Å². The molecule has 2 aliphatic rings. The number of anilines is 1. The number of fused-ring (bicyclic) bond motifs is 1. The highest BCUT2D eigenvalue weighted by Crippen LogP contribution is 2.47. The van der Waals surface area contributed by atoms with Gasteiger partial charge in [0.2, 0.25) is 0 Å². The van der Waals surface area contributed by atoms with Crippen molar-refractivity contribution in [2.45, 2.75) is 58.0 Å². The monoisotopic (exact) mass is 439 g/mol. The second kappa shape index (κ2) is 8.19. The minimum Gasteiger partial charge on any atom is -0.508 e. The summed E-state index contributed by atoms with van der Waals surface area (Å²) < 4.78 is 0. The van der Waals surface area contributed by atoms with Crippen LogP contribution in [0.15, 0.2) is 45.5 Å². The number of hydrogen-bond acceptors (Lipinski definition) is 6. The van der Waals surface area contributed by atoms with Crippen LogP contribution < -0.4 is 10.9 Å². The number of Topliss-reactive ketones (excluding diaryl/α,β-unsaturated/α-hetero) is 1. The molecule has 1 aromatic heterocycles. The third-order valence-corrected chi connectivity index (χ3v) is 6.77. The van der Waals surface area contributed by atoms with E-state index in [0.29, 0.717) is 40.9 Å². The number of phenols is 1. The second-order valence-corrected chi connectivity index (χ2v) is 10.7. The van der Waals surface area contributed by atoms with Crippen molar-refractivity contribution in [1.29, 1.82) is 0 Å². The lowest BCUT2D eigenvalue weighted by atomic mass is 9.69. The van der Waals surface area contributed by atoms with Crippen LogP contribution in [-0.2, 0) is 4.79 Å². The van der Waals surface area contributed by atoms with Gasteiger partial charge in [-0.1, -0.05) is 51.6 Å². The van der Waals surface area contributed by atoms with Gasteiger partial charge in [-0.05, 0) is 41.9 Å². The van der Waals surface area contributed by atoms with Gasteiger partial charge in [0.05, 0.1) is 5.56 Å². The first kappa shape index (κ1) is 21.7. The number of carbonyl (C=O) groups excluding carboxylic acids is 1. The first-order chi connectivity index (χ1) is 14.6. The Balaban J connectivity index is 1.82. The Bertz CT molecular complexity index is 1100. The molecular weight excluding hydrogens is 410 g/mol. The van der Waals surface area contributed by atoms with Crippen LogP contribution in [0.2, 0.25) is 0 Å². The summed E-state index contributed by atoms with van der Waals surface area (Å²) in [4.78, 5) is 34.1. The van der Waals surface area contributed by atoms with Crippen LogP contribution in [0.5, 0.6) is 5.75 Å². The first-order valence-electron chi connectivity index (χ1n) is 10.7. The molecule has 0 radical (unpaired) electrons. The molecule has 2 aromatic rings. The third kappa shape index (κ3) is 4.42. The van der Waals surface area contributed by atoms with Crippen molar-refractivity contribution >= 4 is 23.4 Å². The number of hydrogen-bond donors (Lipinski definition) is 3. The van der Waals surface area contributed by atoms with E-state index in [-0.39, 0.29) is 22.5 Å². The fraction of sp³-hybridized carbons (Fsp3) is 0.458. The Morgan fingerprint density at radius 1 is 1.19 bits per heavy atom. The van der Waals surface area contributed by atoms with Crippen molar-refractivity contribution in [3.05, 3.63) is 57.0 Å². The summed E-state index contributed by atoms with van der Waals surface area (Å²) in [5, 5.41) is 13.7. The number of nitrogens with zero attached hydrogens (tertiary/aromatic N) is 1. The molecule has 164 valence electrons. The molecule has 0 amide bonds. The van der Waals surface area contributed by atoms with Crippen molar-refractivity contribution in [2.24, 2.45) is 11.3 Å². The van der Waals surface area contributed by atoms with Crippen molar-refractivity contribution in [1.82, 2.24) is 9.97 Å². The summed E-state index contributed by atoms with van der Waals surface area (Å²) in [6.45, 7) is 8.51. The highest BCUT2D eigenvalue weighted by molar-refractivity contribution is 7.99. The normalized spacial score (nSPS) is 19.8. The number of H-pyrrole nitrogens is 1. The molecule has 0 spiro atoms. The molecule has 4 rings (SSSR count). The number of carbonyl (C=O) groups is 1. The van der Waals surface area contributed by atoms with Crippen molar-refractivity contribution in [2.75, 3.05) is 11.1 Å². The lowest BCUT2D eigenvalue weighted by Gasteiger charge is -2.38. The number of benzene rings is 1. The van der Waals surface area contributed by atoms with E-state index in [9.17, 15) is 14.7 Å². The molecule has 7 heteroatoms. The fourth-order valence-corrected chi connectivity index (χ4v) is 5.46. The number of phenolic OH excluding ortho intramolecular Hbond substituents is 1. The van der Waals surface area contributed by atoms with Crippen LogP contribution in [0.4, 0.5) is 5.82 Å². The smallest absolute Gasteiger partial charge is 0.257 e. The minimum atomic E-state index is -0.499. The lowest BCUT2D eigenvalue weighted by molar-refractivity contribution is -0.118. The topological polar surface area (TPSA) is 95.1 Å². The van der Waals surface area contributed by atoms with Crippen molar-refractivity contribution in [3.8, 4) is 5.75 Å². The highest BCUT2D eigenvalue weighted by atomic mass is 32.2. The summed E-state index contributed by atoms with van der Waals surface area (Å²) in [6, 6.07) is 6.73. The van der Waals surface area contributed by atoms with Gasteiger partial charge in [0.15, 0.2) is 10.9 Å². The number of rotatable bonds is 5. The predicted molar refractivity (Wildman–Crippen MR) is 124 cm³/mol. The maximum atomic E-state index is 13.2. The summed E-state index contributed by atoms with van der Waals surface area (Å²) >= 11 is 1.54. The number of aromatic hydroxyl groups is 1. The zero-order chi connectivity index (χ0) is 22.3. The van der Waals surface area contributed by atoms with Gasteiger partial charge in [-0.3, -0.25) is 9.59 Å². The van der Waals surface area contributed by atoms with Gasteiger partial charge in [-0.25, -0.2) is 4.98 Å². The predicted octanol–water partition coefficient (Wildman–Crippen LogP) is 4.81. The van der Waals surface area contributed by atoms with Crippen LogP contribution in [0, 0.1) is 11.3 Å². The number of aromatic nitrogens is 2. The van der Waals surface area contributed by atoms with Gasteiger partial charge in [0.1, 0.15) is 11.6 Å².